The van der Waals surface area contributed by atoms with Crippen LogP contribution in [0.4, 0.5) is 5.69 Å². The van der Waals surface area contributed by atoms with Crippen molar-refractivity contribution in [1.82, 2.24) is 9.62 Å². The molecule has 5 nitrogen and oxygen atoms in total. The molecule has 1 aromatic carbocycles. The monoisotopic (exact) mass is 315 g/mol. The Bertz CT molecular complexity index is 612. The van der Waals surface area contributed by atoms with Crippen LogP contribution in [-0.4, -0.2) is 39.0 Å². The summed E-state index contributed by atoms with van der Waals surface area (Å²) in [6, 6.07) is 4.46. The molecule has 0 spiro atoms. The van der Waals surface area contributed by atoms with Crippen molar-refractivity contribution < 1.29 is 8.42 Å². The molecule has 110 valence electrons. The smallest absolute Gasteiger partial charge is 0.242 e. The molecule has 7 heteroatoms. The highest BCUT2D eigenvalue weighted by Crippen LogP contribution is 2.30. The molecule has 3 heterocycles. The molecule has 3 fully saturated rings. The van der Waals surface area contributed by atoms with E-state index in [2.05, 4.69) is 9.62 Å². The Morgan fingerprint density at radius 2 is 2.00 bits per heavy atom. The minimum absolute atomic E-state index is 0.0175. The predicted octanol–water partition coefficient (Wildman–Crippen LogP) is 1.29. The second kappa shape index (κ2) is 5.18. The Kier molecular flexibility index (Phi) is 3.66. The second-order valence-electron chi connectivity index (χ2n) is 5.56. The molecule has 3 N–H and O–H groups in total. The van der Waals surface area contributed by atoms with Gasteiger partial charge >= 0.3 is 0 Å². The van der Waals surface area contributed by atoms with Gasteiger partial charge in [0.15, 0.2) is 0 Å². The fourth-order valence-electron chi connectivity index (χ4n) is 3.10. The van der Waals surface area contributed by atoms with Crippen molar-refractivity contribution in [2.45, 2.75) is 23.8 Å². The van der Waals surface area contributed by atoms with Gasteiger partial charge in [-0.3, -0.25) is 0 Å². The van der Waals surface area contributed by atoms with Crippen LogP contribution in [0.15, 0.2) is 23.1 Å². The van der Waals surface area contributed by atoms with E-state index in [1.54, 1.807) is 6.07 Å². The largest absolute Gasteiger partial charge is 0.399 e. The number of fused-ring (bicyclic) bond motifs is 3. The molecular formula is C13H18ClN3O2S. The van der Waals surface area contributed by atoms with Gasteiger partial charge < -0.3 is 10.6 Å². The minimum atomic E-state index is -3.59. The number of rotatable bonds is 3. The Hall–Kier alpha value is -0.820. The maximum atomic E-state index is 12.5. The van der Waals surface area contributed by atoms with E-state index in [9.17, 15) is 8.42 Å². The van der Waals surface area contributed by atoms with E-state index in [4.69, 9.17) is 17.3 Å². The molecule has 1 unspecified atom stereocenters. The number of halogens is 1. The van der Waals surface area contributed by atoms with Crippen LogP contribution in [-0.2, 0) is 10.0 Å². The van der Waals surface area contributed by atoms with Gasteiger partial charge in [-0.15, -0.1) is 0 Å². The topological polar surface area (TPSA) is 75.4 Å². The molecular weight excluding hydrogens is 298 g/mol. The Morgan fingerprint density at radius 1 is 1.30 bits per heavy atom. The summed E-state index contributed by atoms with van der Waals surface area (Å²) in [6.45, 7) is 2.94. The molecule has 3 aliphatic rings. The molecule has 3 aliphatic heterocycles. The highest BCUT2D eigenvalue weighted by molar-refractivity contribution is 7.89. The lowest BCUT2D eigenvalue weighted by atomic mass is 9.85. The Balaban J connectivity index is 1.82. The van der Waals surface area contributed by atoms with Crippen molar-refractivity contribution in [1.29, 1.82) is 0 Å². The molecule has 0 amide bonds. The highest BCUT2D eigenvalue weighted by Gasteiger charge is 2.36. The van der Waals surface area contributed by atoms with Gasteiger partial charge in [-0.2, -0.15) is 0 Å². The number of nitrogens with one attached hydrogen (secondary N) is 1. The van der Waals surface area contributed by atoms with Crippen molar-refractivity contribution in [3.8, 4) is 0 Å². The van der Waals surface area contributed by atoms with E-state index in [0.29, 0.717) is 11.6 Å². The van der Waals surface area contributed by atoms with Gasteiger partial charge in [-0.1, -0.05) is 11.6 Å². The zero-order chi connectivity index (χ0) is 14.3. The van der Waals surface area contributed by atoms with E-state index in [1.165, 1.54) is 12.1 Å². The molecule has 1 aromatic rings. The molecule has 4 rings (SSSR count). The third-order valence-corrected chi connectivity index (χ3v) is 6.18. The first-order valence-electron chi connectivity index (χ1n) is 6.75. The van der Waals surface area contributed by atoms with Crippen LogP contribution in [0.1, 0.15) is 12.8 Å². The summed E-state index contributed by atoms with van der Waals surface area (Å²) in [5, 5.41) is 0.166. The normalized spacial score (nSPS) is 29.6. The van der Waals surface area contributed by atoms with Crippen molar-refractivity contribution >= 4 is 27.3 Å². The maximum absolute atomic E-state index is 12.5. The first kappa shape index (κ1) is 14.1. The van der Waals surface area contributed by atoms with Gasteiger partial charge in [-0.25, -0.2) is 13.1 Å². The van der Waals surface area contributed by atoms with Crippen molar-refractivity contribution in [2.75, 3.05) is 25.4 Å². The van der Waals surface area contributed by atoms with Crippen LogP contribution in [0.3, 0.4) is 0 Å². The summed E-state index contributed by atoms with van der Waals surface area (Å²) in [7, 11) is -3.59. The Labute approximate surface area is 124 Å². The summed E-state index contributed by atoms with van der Waals surface area (Å²) in [6.07, 6.45) is 2.12. The number of benzene rings is 1. The van der Waals surface area contributed by atoms with E-state index in [1.807, 2.05) is 0 Å². The SMILES string of the molecule is Nc1ccc(S(=O)(=O)NC2CN3CCC2CC3)c(Cl)c1. The molecule has 0 aliphatic carbocycles. The Morgan fingerprint density at radius 3 is 2.55 bits per heavy atom. The average molecular weight is 316 g/mol. The van der Waals surface area contributed by atoms with Crippen LogP contribution >= 0.6 is 11.6 Å². The molecule has 0 aromatic heterocycles. The van der Waals surface area contributed by atoms with Crippen LogP contribution in [0.25, 0.3) is 0 Å². The minimum Gasteiger partial charge on any atom is -0.399 e. The molecule has 2 bridgehead atoms. The van der Waals surface area contributed by atoms with E-state index in [-0.39, 0.29) is 16.0 Å². The van der Waals surface area contributed by atoms with Crippen LogP contribution in [0.5, 0.6) is 0 Å². The summed E-state index contributed by atoms with van der Waals surface area (Å²) in [5.41, 5.74) is 6.05. The lowest BCUT2D eigenvalue weighted by Crippen LogP contribution is -2.57. The molecule has 0 saturated carbocycles. The van der Waals surface area contributed by atoms with E-state index < -0.39 is 10.0 Å². The zero-order valence-corrected chi connectivity index (χ0v) is 12.6. The maximum Gasteiger partial charge on any atom is 0.242 e. The average Bonchev–Trinajstić information content (AvgIpc) is 2.39. The van der Waals surface area contributed by atoms with Gasteiger partial charge in [-0.05, 0) is 50.0 Å². The quantitative estimate of drug-likeness (QED) is 0.824. The summed E-state index contributed by atoms with van der Waals surface area (Å²) >= 11 is 6.00. The molecule has 1 atom stereocenters. The lowest BCUT2D eigenvalue weighted by molar-refractivity contribution is 0.0827. The number of nitrogens with zero attached hydrogens (tertiary/aromatic N) is 1. The second-order valence-corrected chi connectivity index (χ2v) is 7.65. The summed E-state index contributed by atoms with van der Waals surface area (Å²) < 4.78 is 27.7. The van der Waals surface area contributed by atoms with Crippen LogP contribution in [0.2, 0.25) is 5.02 Å². The number of nitrogens with two attached hydrogens (primary N) is 1. The highest BCUT2D eigenvalue weighted by atomic mass is 35.5. The van der Waals surface area contributed by atoms with Crippen LogP contribution in [0, 0.1) is 5.92 Å². The van der Waals surface area contributed by atoms with Crippen molar-refractivity contribution in [3.63, 3.8) is 0 Å². The standard InChI is InChI=1S/C13H18ClN3O2S/c14-11-7-10(15)1-2-13(11)20(18,19)16-12-8-17-5-3-9(12)4-6-17/h1-2,7,9,12,16H,3-6,8,15H2. The third-order valence-electron chi connectivity index (χ3n) is 4.21. The summed E-state index contributed by atoms with van der Waals surface area (Å²) in [5.74, 6) is 0.433. The van der Waals surface area contributed by atoms with Crippen molar-refractivity contribution in [2.24, 2.45) is 5.92 Å². The lowest BCUT2D eigenvalue weighted by Gasteiger charge is -2.44. The number of piperidine rings is 3. The fourth-order valence-corrected chi connectivity index (χ4v) is 4.95. The van der Waals surface area contributed by atoms with Crippen molar-refractivity contribution in [3.05, 3.63) is 23.2 Å². The number of anilines is 1. The van der Waals surface area contributed by atoms with E-state index >= 15 is 0 Å². The number of sulfonamides is 1. The number of hydrogen-bond acceptors (Lipinski definition) is 4. The van der Waals surface area contributed by atoms with Gasteiger partial charge in [0.25, 0.3) is 0 Å². The number of nitrogen functional groups attached to an aromatic ring is 1. The molecule has 0 radical (unpaired) electrons. The zero-order valence-electron chi connectivity index (χ0n) is 11.0. The van der Waals surface area contributed by atoms with Gasteiger partial charge in [0.1, 0.15) is 4.90 Å². The van der Waals surface area contributed by atoms with E-state index in [0.717, 1.165) is 32.5 Å². The predicted molar refractivity (Wildman–Crippen MR) is 79.1 cm³/mol. The van der Waals surface area contributed by atoms with Crippen LogP contribution < -0.4 is 10.5 Å². The van der Waals surface area contributed by atoms with Gasteiger partial charge in [0, 0.05) is 18.3 Å². The summed E-state index contributed by atoms with van der Waals surface area (Å²) in [4.78, 5) is 2.41. The number of hydrogen-bond donors (Lipinski definition) is 2. The first-order valence-corrected chi connectivity index (χ1v) is 8.61. The fraction of sp³-hybridized carbons (Fsp3) is 0.538. The van der Waals surface area contributed by atoms with Gasteiger partial charge in [0.2, 0.25) is 10.0 Å². The van der Waals surface area contributed by atoms with Gasteiger partial charge in [0.05, 0.1) is 5.02 Å². The third kappa shape index (κ3) is 2.65. The first-order chi connectivity index (χ1) is 9.45. The molecule has 20 heavy (non-hydrogen) atoms. The molecule has 3 saturated heterocycles.